The number of piperazine rings is 2. The quantitative estimate of drug-likeness (QED) is 0.689. The van der Waals surface area contributed by atoms with Crippen LogP contribution in [0.15, 0.2) is 59.5 Å². The van der Waals surface area contributed by atoms with Crippen molar-refractivity contribution in [1.82, 2.24) is 14.1 Å². The zero-order valence-corrected chi connectivity index (χ0v) is 19.7. The van der Waals surface area contributed by atoms with Gasteiger partial charge in [-0.05, 0) is 43.7 Å². The van der Waals surface area contributed by atoms with E-state index in [4.69, 9.17) is 0 Å². The van der Waals surface area contributed by atoms with Crippen molar-refractivity contribution in [2.75, 3.05) is 57.3 Å². The van der Waals surface area contributed by atoms with E-state index < -0.39 is 10.0 Å². The minimum absolute atomic E-state index is 0.0814. The maximum Gasteiger partial charge on any atom is 0.243 e. The highest BCUT2D eigenvalue weighted by atomic mass is 32.2. The van der Waals surface area contributed by atoms with Gasteiger partial charge in [-0.2, -0.15) is 4.31 Å². The largest absolute Gasteiger partial charge is 0.366 e. The molecule has 2 aromatic carbocycles. The second-order valence-electron chi connectivity index (χ2n) is 8.71. The van der Waals surface area contributed by atoms with Gasteiger partial charge < -0.3 is 9.80 Å². The third-order valence-electron chi connectivity index (χ3n) is 6.38. The zero-order valence-electron chi connectivity index (χ0n) is 18.9. The molecular formula is C24H32N4O3S. The van der Waals surface area contributed by atoms with Crippen molar-refractivity contribution in [2.45, 2.75) is 24.8 Å². The Morgan fingerprint density at radius 1 is 0.938 bits per heavy atom. The summed E-state index contributed by atoms with van der Waals surface area (Å²) in [6.07, 6.45) is 0. The van der Waals surface area contributed by atoms with Crippen LogP contribution < -0.4 is 4.90 Å². The fourth-order valence-corrected chi connectivity index (χ4v) is 6.02. The van der Waals surface area contributed by atoms with Gasteiger partial charge in [-0.1, -0.05) is 30.3 Å². The van der Waals surface area contributed by atoms with E-state index >= 15 is 0 Å². The summed E-state index contributed by atoms with van der Waals surface area (Å²) < 4.78 is 27.1. The van der Waals surface area contributed by atoms with E-state index in [0.29, 0.717) is 43.7 Å². The van der Waals surface area contributed by atoms with Gasteiger partial charge in [-0.3, -0.25) is 9.69 Å². The Labute approximate surface area is 191 Å². The van der Waals surface area contributed by atoms with Crippen LogP contribution in [0.1, 0.15) is 12.5 Å². The molecule has 0 bridgehead atoms. The van der Waals surface area contributed by atoms with Crippen LogP contribution in [0.5, 0.6) is 0 Å². The van der Waals surface area contributed by atoms with Gasteiger partial charge in [0.05, 0.1) is 11.4 Å². The van der Waals surface area contributed by atoms with Crippen molar-refractivity contribution in [2.24, 2.45) is 0 Å². The van der Waals surface area contributed by atoms with Gasteiger partial charge in [-0.25, -0.2) is 8.42 Å². The molecule has 0 radical (unpaired) electrons. The molecule has 1 amide bonds. The monoisotopic (exact) mass is 456 g/mol. The van der Waals surface area contributed by atoms with Crippen LogP contribution in [-0.2, 0) is 14.8 Å². The summed E-state index contributed by atoms with van der Waals surface area (Å²) in [5.41, 5.74) is 2.49. The molecule has 0 aromatic heterocycles. The normalized spacial score (nSPS) is 21.0. The molecule has 2 saturated heterocycles. The minimum atomic E-state index is -3.50. The average Bonchev–Trinajstić information content (AvgIpc) is 2.80. The Bertz CT molecular complexity index is 1040. The lowest BCUT2D eigenvalue weighted by Crippen LogP contribution is -2.56. The van der Waals surface area contributed by atoms with Crippen LogP contribution in [0.25, 0.3) is 0 Å². The Kier molecular flexibility index (Phi) is 6.83. The Hall–Kier alpha value is -2.42. The number of amides is 1. The third-order valence-corrected chi connectivity index (χ3v) is 8.29. The molecule has 172 valence electrons. The first kappa shape index (κ1) is 22.8. The van der Waals surface area contributed by atoms with Gasteiger partial charge in [0.15, 0.2) is 0 Å². The van der Waals surface area contributed by atoms with E-state index in [1.54, 1.807) is 35.2 Å². The summed E-state index contributed by atoms with van der Waals surface area (Å²) in [6, 6.07) is 17.4. The van der Waals surface area contributed by atoms with Crippen molar-refractivity contribution >= 4 is 21.6 Å². The Balaban J connectivity index is 1.28. The van der Waals surface area contributed by atoms with Crippen LogP contribution in [0.2, 0.25) is 0 Å². The highest BCUT2D eigenvalue weighted by molar-refractivity contribution is 7.89. The van der Waals surface area contributed by atoms with E-state index in [0.717, 1.165) is 19.6 Å². The topological polar surface area (TPSA) is 64.2 Å². The molecule has 0 aliphatic carbocycles. The lowest BCUT2D eigenvalue weighted by molar-refractivity contribution is -0.133. The van der Waals surface area contributed by atoms with E-state index in [-0.39, 0.29) is 5.91 Å². The Morgan fingerprint density at radius 3 is 2.31 bits per heavy atom. The van der Waals surface area contributed by atoms with Crippen LogP contribution in [0, 0.1) is 6.92 Å². The molecule has 32 heavy (non-hydrogen) atoms. The van der Waals surface area contributed by atoms with Gasteiger partial charge in [0.25, 0.3) is 0 Å². The first-order chi connectivity index (χ1) is 15.3. The second kappa shape index (κ2) is 9.60. The van der Waals surface area contributed by atoms with E-state index in [9.17, 15) is 13.2 Å². The second-order valence-corrected chi connectivity index (χ2v) is 10.7. The fourth-order valence-electron chi connectivity index (χ4n) is 4.58. The highest BCUT2D eigenvalue weighted by Crippen LogP contribution is 2.22. The molecule has 8 heteroatoms. The number of rotatable bonds is 5. The van der Waals surface area contributed by atoms with Gasteiger partial charge >= 0.3 is 0 Å². The van der Waals surface area contributed by atoms with Crippen molar-refractivity contribution in [1.29, 1.82) is 0 Å². The third kappa shape index (κ3) is 4.98. The van der Waals surface area contributed by atoms with Gasteiger partial charge in [0.1, 0.15) is 0 Å². The molecule has 2 aliphatic rings. The zero-order chi connectivity index (χ0) is 22.7. The first-order valence-corrected chi connectivity index (χ1v) is 12.7. The molecule has 7 nitrogen and oxygen atoms in total. The van der Waals surface area contributed by atoms with Gasteiger partial charge in [-0.15, -0.1) is 0 Å². The number of carbonyl (C=O) groups excluding carboxylic acids is 1. The molecule has 0 spiro atoms. The fraction of sp³-hybridized carbons (Fsp3) is 0.458. The average molecular weight is 457 g/mol. The lowest BCUT2D eigenvalue weighted by Gasteiger charge is -2.42. The summed E-state index contributed by atoms with van der Waals surface area (Å²) in [5, 5.41) is 0. The molecule has 0 saturated carbocycles. The SMILES string of the molecule is Cc1cccc(N2CCN(CC(=O)N3CCN(S(=O)(=O)c4ccccc4)CC3)CC2C)c1. The maximum atomic E-state index is 12.9. The first-order valence-electron chi connectivity index (χ1n) is 11.2. The number of carbonyl (C=O) groups is 1. The molecule has 1 unspecified atom stereocenters. The number of anilines is 1. The highest BCUT2D eigenvalue weighted by Gasteiger charge is 2.31. The molecule has 2 aliphatic heterocycles. The number of sulfonamides is 1. The number of aryl methyl sites for hydroxylation is 1. The standard InChI is InChI=1S/C24H32N4O3S/c1-20-7-6-8-22(17-20)28-16-11-25(18-21(28)2)19-24(29)26-12-14-27(15-13-26)32(30,31)23-9-4-3-5-10-23/h3-10,17,21H,11-16,18-19H2,1-2H3. The number of benzene rings is 2. The lowest BCUT2D eigenvalue weighted by atomic mass is 10.1. The van der Waals surface area contributed by atoms with Crippen LogP contribution in [0.4, 0.5) is 5.69 Å². The van der Waals surface area contributed by atoms with Crippen molar-refractivity contribution in [3.8, 4) is 0 Å². The summed E-state index contributed by atoms with van der Waals surface area (Å²) >= 11 is 0. The van der Waals surface area contributed by atoms with Crippen molar-refractivity contribution in [3.05, 3.63) is 60.2 Å². The number of nitrogens with zero attached hydrogens (tertiary/aromatic N) is 4. The molecule has 2 fully saturated rings. The van der Waals surface area contributed by atoms with Crippen molar-refractivity contribution < 1.29 is 13.2 Å². The van der Waals surface area contributed by atoms with E-state index in [1.165, 1.54) is 15.6 Å². The smallest absolute Gasteiger partial charge is 0.243 e. The van der Waals surface area contributed by atoms with Gasteiger partial charge in [0.2, 0.25) is 15.9 Å². The maximum absolute atomic E-state index is 12.9. The summed E-state index contributed by atoms with van der Waals surface area (Å²) in [4.78, 5) is 19.6. The number of hydrogen-bond acceptors (Lipinski definition) is 5. The van der Waals surface area contributed by atoms with E-state index in [2.05, 4.69) is 47.9 Å². The molecule has 1 atom stereocenters. The molecule has 0 N–H and O–H groups in total. The molecule has 4 rings (SSSR count). The van der Waals surface area contributed by atoms with Crippen LogP contribution in [0.3, 0.4) is 0 Å². The predicted octanol–water partition coefficient (Wildman–Crippen LogP) is 2.04. The molecule has 2 aromatic rings. The van der Waals surface area contributed by atoms with Gasteiger partial charge in [0, 0.05) is 57.5 Å². The number of hydrogen-bond donors (Lipinski definition) is 0. The summed E-state index contributed by atoms with van der Waals surface area (Å²) in [5.74, 6) is 0.0814. The van der Waals surface area contributed by atoms with Crippen LogP contribution in [-0.4, -0.2) is 86.8 Å². The predicted molar refractivity (Wildman–Crippen MR) is 126 cm³/mol. The van der Waals surface area contributed by atoms with Crippen molar-refractivity contribution in [3.63, 3.8) is 0 Å². The van der Waals surface area contributed by atoms with E-state index in [1.807, 2.05) is 0 Å². The Morgan fingerprint density at radius 2 is 1.66 bits per heavy atom. The molecular weight excluding hydrogens is 424 g/mol. The minimum Gasteiger partial charge on any atom is -0.366 e. The molecule has 2 heterocycles. The summed E-state index contributed by atoms with van der Waals surface area (Å²) in [7, 11) is -3.50. The summed E-state index contributed by atoms with van der Waals surface area (Å²) in [6.45, 7) is 8.79. The van der Waals surface area contributed by atoms with Crippen LogP contribution >= 0.6 is 0 Å².